The summed E-state index contributed by atoms with van der Waals surface area (Å²) in [6.45, 7) is 4.33. The second-order valence-electron chi connectivity index (χ2n) is 6.10. The average Bonchev–Trinajstić information content (AvgIpc) is 3.28. The van der Waals surface area contributed by atoms with E-state index in [1.165, 1.54) is 0 Å². The summed E-state index contributed by atoms with van der Waals surface area (Å²) >= 11 is 0. The Labute approximate surface area is 113 Å². The molecule has 0 aromatic heterocycles. The topological polar surface area (TPSA) is 60.4 Å². The van der Waals surface area contributed by atoms with Crippen LogP contribution < -0.4 is 0 Å². The van der Waals surface area contributed by atoms with E-state index >= 15 is 0 Å². The molecule has 0 bridgehead atoms. The molecular formula is C15H22O4. The molecule has 0 radical (unpaired) electrons. The largest absolute Gasteiger partial charge is 0.466 e. The Kier molecular flexibility index (Phi) is 4.07. The maximum Gasteiger partial charge on any atom is 0.305 e. The lowest BCUT2D eigenvalue weighted by Crippen LogP contribution is -2.26. The first-order valence-electron chi connectivity index (χ1n) is 7.13. The van der Waals surface area contributed by atoms with Crippen molar-refractivity contribution in [3.63, 3.8) is 0 Å². The molecule has 2 fully saturated rings. The molecule has 0 aromatic rings. The van der Waals surface area contributed by atoms with Gasteiger partial charge in [-0.3, -0.25) is 4.79 Å². The van der Waals surface area contributed by atoms with Crippen molar-refractivity contribution in [1.82, 2.24) is 0 Å². The van der Waals surface area contributed by atoms with Crippen molar-refractivity contribution >= 4 is 18.5 Å². The molecule has 4 unspecified atom stereocenters. The molecule has 0 N–H and O–H groups in total. The van der Waals surface area contributed by atoms with Crippen molar-refractivity contribution in [3.05, 3.63) is 0 Å². The number of esters is 1. The Morgan fingerprint density at radius 1 is 1.21 bits per heavy atom. The molecule has 106 valence electrons. The number of carbonyl (C=O) groups excluding carboxylic acids is 3. The minimum atomic E-state index is -0.180. The summed E-state index contributed by atoms with van der Waals surface area (Å²) in [6.07, 6.45) is 4.96. The fraction of sp³-hybridized carbons (Fsp3) is 0.800. The van der Waals surface area contributed by atoms with Gasteiger partial charge < -0.3 is 14.3 Å². The van der Waals surface area contributed by atoms with E-state index in [-0.39, 0.29) is 23.2 Å². The van der Waals surface area contributed by atoms with Gasteiger partial charge in [-0.15, -0.1) is 0 Å². The number of ether oxygens (including phenoxy) is 1. The van der Waals surface area contributed by atoms with Crippen LogP contribution in [0.15, 0.2) is 0 Å². The zero-order valence-electron chi connectivity index (χ0n) is 11.6. The lowest BCUT2D eigenvalue weighted by Gasteiger charge is -2.30. The van der Waals surface area contributed by atoms with E-state index in [0.29, 0.717) is 24.9 Å². The normalized spacial score (nSPS) is 35.1. The van der Waals surface area contributed by atoms with Crippen LogP contribution in [-0.2, 0) is 19.1 Å². The van der Waals surface area contributed by atoms with Gasteiger partial charge >= 0.3 is 5.97 Å². The summed E-state index contributed by atoms with van der Waals surface area (Å²) in [5.74, 6) is 0.754. The highest BCUT2D eigenvalue weighted by molar-refractivity contribution is 5.69. The van der Waals surface area contributed by atoms with Crippen molar-refractivity contribution < 1.29 is 19.1 Å². The zero-order chi connectivity index (χ0) is 14.0. The van der Waals surface area contributed by atoms with E-state index in [0.717, 1.165) is 31.8 Å². The highest BCUT2D eigenvalue weighted by Gasteiger charge is 2.59. The molecule has 2 rings (SSSR count). The maximum absolute atomic E-state index is 11.5. The fourth-order valence-corrected chi connectivity index (χ4v) is 3.50. The second-order valence-corrected chi connectivity index (χ2v) is 6.10. The van der Waals surface area contributed by atoms with Crippen LogP contribution in [0.4, 0.5) is 0 Å². The van der Waals surface area contributed by atoms with E-state index in [4.69, 9.17) is 4.74 Å². The van der Waals surface area contributed by atoms with Crippen LogP contribution in [0.3, 0.4) is 0 Å². The third-order valence-corrected chi connectivity index (χ3v) is 4.90. The van der Waals surface area contributed by atoms with Gasteiger partial charge in [0.15, 0.2) is 0 Å². The van der Waals surface area contributed by atoms with Gasteiger partial charge in [-0.1, -0.05) is 6.92 Å². The van der Waals surface area contributed by atoms with Crippen LogP contribution >= 0.6 is 0 Å². The summed E-state index contributed by atoms with van der Waals surface area (Å²) in [5.41, 5.74) is -0.0656. The van der Waals surface area contributed by atoms with Crippen LogP contribution in [0.25, 0.3) is 0 Å². The van der Waals surface area contributed by atoms with E-state index < -0.39 is 0 Å². The Balaban J connectivity index is 1.97. The molecular weight excluding hydrogens is 244 g/mol. The first-order valence-corrected chi connectivity index (χ1v) is 7.13. The van der Waals surface area contributed by atoms with Gasteiger partial charge in [0.1, 0.15) is 12.6 Å². The predicted molar refractivity (Wildman–Crippen MR) is 69.3 cm³/mol. The highest BCUT2D eigenvalue weighted by Crippen LogP contribution is 2.63. The highest BCUT2D eigenvalue weighted by atomic mass is 16.5. The maximum atomic E-state index is 11.5. The van der Waals surface area contributed by atoms with Gasteiger partial charge in [0.25, 0.3) is 0 Å². The molecule has 0 aromatic carbocycles. The molecule has 19 heavy (non-hydrogen) atoms. The third-order valence-electron chi connectivity index (χ3n) is 4.90. The second kappa shape index (κ2) is 5.43. The van der Waals surface area contributed by atoms with E-state index in [1.807, 2.05) is 0 Å². The van der Waals surface area contributed by atoms with Gasteiger partial charge in [0, 0.05) is 18.3 Å². The molecule has 0 amide bonds. The summed E-state index contributed by atoms with van der Waals surface area (Å²) in [7, 11) is 0. The molecule has 2 saturated carbocycles. The molecule has 2 aliphatic carbocycles. The lowest BCUT2D eigenvalue weighted by atomic mass is 9.74. The SMILES string of the molecule is CCOC(=O)CCC(C)(C1CC1C=O)C1CC1C=O. The van der Waals surface area contributed by atoms with Gasteiger partial charge in [-0.25, -0.2) is 0 Å². The third kappa shape index (κ3) is 2.88. The quantitative estimate of drug-likeness (QED) is 0.498. The van der Waals surface area contributed by atoms with Crippen molar-refractivity contribution in [2.24, 2.45) is 29.1 Å². The fourth-order valence-electron chi connectivity index (χ4n) is 3.50. The van der Waals surface area contributed by atoms with Crippen LogP contribution in [0.5, 0.6) is 0 Å². The first kappa shape index (κ1) is 14.2. The molecule has 4 heteroatoms. The van der Waals surface area contributed by atoms with E-state index in [9.17, 15) is 14.4 Å². The Morgan fingerprint density at radius 2 is 1.74 bits per heavy atom. The number of hydrogen-bond donors (Lipinski definition) is 0. The molecule has 0 aliphatic heterocycles. The number of rotatable bonds is 8. The van der Waals surface area contributed by atoms with Crippen LogP contribution in [0, 0.1) is 29.1 Å². The van der Waals surface area contributed by atoms with Crippen LogP contribution in [-0.4, -0.2) is 25.1 Å². The molecule has 4 nitrogen and oxygen atoms in total. The van der Waals surface area contributed by atoms with Gasteiger partial charge in [0.05, 0.1) is 6.61 Å². The Bertz CT molecular complexity index is 354. The standard InChI is InChI=1S/C15H22O4/c1-3-19-14(18)4-5-15(2,12-6-10(12)8-16)13-7-11(13)9-17/h8-13H,3-7H2,1-2H3. The molecule has 0 saturated heterocycles. The Hall–Kier alpha value is -1.19. The smallest absolute Gasteiger partial charge is 0.305 e. The first-order chi connectivity index (χ1) is 9.06. The van der Waals surface area contributed by atoms with Crippen molar-refractivity contribution in [2.75, 3.05) is 6.61 Å². The van der Waals surface area contributed by atoms with E-state index in [1.54, 1.807) is 6.92 Å². The minimum Gasteiger partial charge on any atom is -0.466 e. The predicted octanol–water partition coefficient (Wildman–Crippen LogP) is 2.01. The average molecular weight is 266 g/mol. The molecule has 0 spiro atoms. The van der Waals surface area contributed by atoms with Crippen molar-refractivity contribution in [3.8, 4) is 0 Å². The van der Waals surface area contributed by atoms with E-state index in [2.05, 4.69) is 6.92 Å². The van der Waals surface area contributed by atoms with Crippen LogP contribution in [0.2, 0.25) is 0 Å². The van der Waals surface area contributed by atoms with Gasteiger partial charge in [0.2, 0.25) is 0 Å². The Morgan fingerprint density at radius 3 is 2.11 bits per heavy atom. The summed E-state index contributed by atoms with van der Waals surface area (Å²) in [6, 6.07) is 0. The van der Waals surface area contributed by atoms with Gasteiger partial charge in [-0.05, 0) is 43.4 Å². The van der Waals surface area contributed by atoms with Crippen molar-refractivity contribution in [2.45, 2.75) is 39.5 Å². The summed E-state index contributed by atoms with van der Waals surface area (Å²) in [4.78, 5) is 33.3. The molecule has 0 heterocycles. The van der Waals surface area contributed by atoms with Gasteiger partial charge in [-0.2, -0.15) is 0 Å². The number of carbonyl (C=O) groups is 3. The van der Waals surface area contributed by atoms with Crippen molar-refractivity contribution in [1.29, 1.82) is 0 Å². The molecule has 2 aliphatic rings. The molecule has 4 atom stereocenters. The summed E-state index contributed by atoms with van der Waals surface area (Å²) < 4.78 is 4.97. The summed E-state index contributed by atoms with van der Waals surface area (Å²) in [5, 5.41) is 0. The monoisotopic (exact) mass is 266 g/mol. The lowest BCUT2D eigenvalue weighted by molar-refractivity contribution is -0.144. The number of hydrogen-bond acceptors (Lipinski definition) is 4. The number of aldehydes is 2. The zero-order valence-corrected chi connectivity index (χ0v) is 11.6. The minimum absolute atomic E-state index is 0.0656. The van der Waals surface area contributed by atoms with Crippen LogP contribution in [0.1, 0.15) is 39.5 Å².